The van der Waals surface area contributed by atoms with E-state index in [1.165, 1.54) is 4.90 Å². The first-order chi connectivity index (χ1) is 9.13. The summed E-state index contributed by atoms with van der Waals surface area (Å²) in [6, 6.07) is 8.88. The van der Waals surface area contributed by atoms with E-state index in [9.17, 15) is 13.6 Å². The fourth-order valence-corrected chi connectivity index (χ4v) is 2.43. The summed E-state index contributed by atoms with van der Waals surface area (Å²) in [6.07, 6.45) is -1.45. The predicted octanol–water partition coefficient (Wildman–Crippen LogP) is 2.55. The highest BCUT2D eigenvalue weighted by molar-refractivity contribution is 5.84. The Hall–Kier alpha value is -1.49. The summed E-state index contributed by atoms with van der Waals surface area (Å²) >= 11 is 0. The van der Waals surface area contributed by atoms with Gasteiger partial charge in [0.05, 0.1) is 12.6 Å². The van der Waals surface area contributed by atoms with E-state index in [-0.39, 0.29) is 11.9 Å². The topological polar surface area (TPSA) is 32.3 Å². The minimum atomic E-state index is -2.52. The summed E-state index contributed by atoms with van der Waals surface area (Å²) in [5.74, 6) is -0.226. The molecule has 2 rings (SSSR count). The maximum atomic E-state index is 12.6. The Morgan fingerprint density at radius 2 is 2.00 bits per heavy atom. The van der Waals surface area contributed by atoms with Crippen LogP contribution in [0.3, 0.4) is 0 Å². The van der Waals surface area contributed by atoms with Gasteiger partial charge in [-0.05, 0) is 12.0 Å². The van der Waals surface area contributed by atoms with Gasteiger partial charge < -0.3 is 4.90 Å². The second-order valence-corrected chi connectivity index (χ2v) is 4.70. The molecule has 0 bridgehead atoms. The highest BCUT2D eigenvalue weighted by Gasteiger charge is 2.39. The molecule has 1 N–H and O–H groups in total. The van der Waals surface area contributed by atoms with Gasteiger partial charge in [0.2, 0.25) is 5.91 Å². The van der Waals surface area contributed by atoms with Crippen LogP contribution < -0.4 is 5.32 Å². The lowest BCUT2D eigenvalue weighted by atomic mass is 10.1. The van der Waals surface area contributed by atoms with Crippen molar-refractivity contribution >= 4 is 5.91 Å². The molecule has 0 spiro atoms. The molecule has 1 aromatic rings. The van der Waals surface area contributed by atoms with Crippen molar-refractivity contribution in [1.29, 1.82) is 0 Å². The Labute approximate surface area is 111 Å². The molecule has 0 saturated carbocycles. The molecular weight excluding hydrogens is 250 g/mol. The van der Waals surface area contributed by atoms with E-state index in [1.54, 1.807) is 0 Å². The molecule has 0 radical (unpaired) electrons. The van der Waals surface area contributed by atoms with Crippen LogP contribution in [0.2, 0.25) is 0 Å². The largest absolute Gasteiger partial charge is 0.316 e. The molecule has 0 aromatic heterocycles. The molecule has 1 aromatic carbocycles. The van der Waals surface area contributed by atoms with Crippen molar-refractivity contribution in [3.05, 3.63) is 35.9 Å². The van der Waals surface area contributed by atoms with Crippen LogP contribution in [0.4, 0.5) is 8.78 Å². The molecule has 1 amide bonds. The van der Waals surface area contributed by atoms with E-state index >= 15 is 0 Å². The van der Waals surface area contributed by atoms with Gasteiger partial charge in [0, 0.05) is 0 Å². The fraction of sp³-hybridized carbons (Fsp3) is 0.500. The Balaban J connectivity index is 2.22. The number of hydrogen-bond acceptors (Lipinski definition) is 2. The van der Waals surface area contributed by atoms with Crippen molar-refractivity contribution in [2.24, 2.45) is 0 Å². The van der Waals surface area contributed by atoms with Crippen LogP contribution in [0.1, 0.15) is 31.5 Å². The maximum absolute atomic E-state index is 12.6. The average Bonchev–Trinajstić information content (AvgIpc) is 2.69. The number of alkyl halides is 2. The van der Waals surface area contributed by atoms with E-state index in [2.05, 4.69) is 5.32 Å². The first-order valence-electron chi connectivity index (χ1n) is 6.53. The van der Waals surface area contributed by atoms with Gasteiger partial charge in [-0.3, -0.25) is 10.1 Å². The summed E-state index contributed by atoms with van der Waals surface area (Å²) in [6.45, 7) is 1.45. The lowest BCUT2D eigenvalue weighted by Crippen LogP contribution is -2.35. The Bertz CT molecular complexity index is 425. The van der Waals surface area contributed by atoms with Crippen LogP contribution in [0.15, 0.2) is 30.3 Å². The number of hydrogen-bond donors (Lipinski definition) is 1. The number of amides is 1. The summed E-state index contributed by atoms with van der Waals surface area (Å²) in [5, 5.41) is 3.16. The lowest BCUT2D eigenvalue weighted by molar-refractivity contribution is -0.132. The van der Waals surface area contributed by atoms with Crippen LogP contribution in [0, 0.1) is 0 Å². The van der Waals surface area contributed by atoms with Crippen molar-refractivity contribution in [2.45, 2.75) is 38.4 Å². The van der Waals surface area contributed by atoms with Crippen molar-refractivity contribution in [3.63, 3.8) is 0 Å². The minimum absolute atomic E-state index is 0.226. The van der Waals surface area contributed by atoms with Crippen LogP contribution in [-0.2, 0) is 4.79 Å². The minimum Gasteiger partial charge on any atom is -0.316 e. The third-order valence-corrected chi connectivity index (χ3v) is 3.28. The zero-order chi connectivity index (χ0) is 13.8. The average molecular weight is 268 g/mol. The highest BCUT2D eigenvalue weighted by atomic mass is 19.3. The van der Waals surface area contributed by atoms with Crippen LogP contribution >= 0.6 is 0 Å². The first kappa shape index (κ1) is 13.9. The van der Waals surface area contributed by atoms with Crippen molar-refractivity contribution < 1.29 is 13.6 Å². The zero-order valence-corrected chi connectivity index (χ0v) is 10.9. The smallest absolute Gasteiger partial charge is 0.255 e. The zero-order valence-electron chi connectivity index (χ0n) is 10.9. The van der Waals surface area contributed by atoms with Crippen LogP contribution in [0.5, 0.6) is 0 Å². The molecule has 19 heavy (non-hydrogen) atoms. The molecule has 2 atom stereocenters. The van der Waals surface area contributed by atoms with Gasteiger partial charge in [-0.25, -0.2) is 8.78 Å². The summed E-state index contributed by atoms with van der Waals surface area (Å²) in [4.78, 5) is 13.4. The second-order valence-electron chi connectivity index (χ2n) is 4.70. The number of halogens is 2. The lowest BCUT2D eigenvalue weighted by Gasteiger charge is -2.24. The van der Waals surface area contributed by atoms with E-state index in [4.69, 9.17) is 0 Å². The van der Waals surface area contributed by atoms with Gasteiger partial charge in [0.15, 0.2) is 0 Å². The van der Waals surface area contributed by atoms with Crippen LogP contribution in [0.25, 0.3) is 0 Å². The SMILES string of the molecule is CCCC1NC(c2ccccc2)N(CC(F)F)C1=O. The van der Waals surface area contributed by atoms with E-state index in [0.717, 1.165) is 12.0 Å². The fourth-order valence-electron chi connectivity index (χ4n) is 2.43. The number of nitrogens with zero attached hydrogens (tertiary/aromatic N) is 1. The molecular formula is C14H18F2N2O. The third-order valence-electron chi connectivity index (χ3n) is 3.28. The molecule has 1 aliphatic heterocycles. The molecule has 0 aliphatic carbocycles. The second kappa shape index (κ2) is 6.10. The van der Waals surface area contributed by atoms with Gasteiger partial charge in [-0.2, -0.15) is 0 Å². The van der Waals surface area contributed by atoms with Gasteiger partial charge >= 0.3 is 0 Å². The number of benzene rings is 1. The summed E-state index contributed by atoms with van der Waals surface area (Å²) < 4.78 is 25.3. The first-order valence-corrected chi connectivity index (χ1v) is 6.53. The number of nitrogens with one attached hydrogen (secondary N) is 1. The molecule has 1 heterocycles. The highest BCUT2D eigenvalue weighted by Crippen LogP contribution is 2.27. The third kappa shape index (κ3) is 3.10. The van der Waals surface area contributed by atoms with Crippen molar-refractivity contribution in [3.8, 4) is 0 Å². The Kier molecular flexibility index (Phi) is 4.47. The van der Waals surface area contributed by atoms with Crippen molar-refractivity contribution in [1.82, 2.24) is 10.2 Å². The number of carbonyl (C=O) groups is 1. The van der Waals surface area contributed by atoms with E-state index in [0.29, 0.717) is 6.42 Å². The monoisotopic (exact) mass is 268 g/mol. The van der Waals surface area contributed by atoms with Gasteiger partial charge in [-0.1, -0.05) is 43.7 Å². The Morgan fingerprint density at radius 1 is 1.32 bits per heavy atom. The maximum Gasteiger partial charge on any atom is 0.255 e. The van der Waals surface area contributed by atoms with E-state index < -0.39 is 19.1 Å². The number of carbonyl (C=O) groups excluding carboxylic acids is 1. The molecule has 3 nitrogen and oxygen atoms in total. The normalized spacial score (nSPS) is 23.4. The molecule has 104 valence electrons. The van der Waals surface area contributed by atoms with E-state index in [1.807, 2.05) is 37.3 Å². The predicted molar refractivity (Wildman–Crippen MR) is 68.7 cm³/mol. The molecule has 1 aliphatic rings. The summed E-state index contributed by atoms with van der Waals surface area (Å²) in [7, 11) is 0. The summed E-state index contributed by atoms with van der Waals surface area (Å²) in [5.41, 5.74) is 0.843. The standard InChI is InChI=1S/C14H18F2N2O/c1-2-6-11-14(19)18(9-12(15)16)13(17-11)10-7-4-3-5-8-10/h3-5,7-8,11-13,17H,2,6,9H2,1H3. The van der Waals surface area contributed by atoms with Gasteiger partial charge in [0.25, 0.3) is 6.43 Å². The molecule has 1 fully saturated rings. The number of rotatable bonds is 5. The molecule has 5 heteroatoms. The quantitative estimate of drug-likeness (QED) is 0.890. The van der Waals surface area contributed by atoms with Crippen molar-refractivity contribution in [2.75, 3.05) is 6.54 Å². The molecule has 2 unspecified atom stereocenters. The van der Waals surface area contributed by atoms with Gasteiger partial charge in [0.1, 0.15) is 6.17 Å². The van der Waals surface area contributed by atoms with Gasteiger partial charge in [-0.15, -0.1) is 0 Å². The molecule has 1 saturated heterocycles. The Morgan fingerprint density at radius 3 is 2.58 bits per heavy atom. The van der Waals surface area contributed by atoms with Crippen LogP contribution in [-0.4, -0.2) is 29.8 Å².